The molecule has 62 valence electrons. The van der Waals surface area contributed by atoms with Crippen LogP contribution in [-0.4, -0.2) is 31.5 Å². The summed E-state index contributed by atoms with van der Waals surface area (Å²) in [4.78, 5) is 9.72. The fourth-order valence-electron chi connectivity index (χ4n) is 0.408. The zero-order chi connectivity index (χ0) is 7.11. The number of nitrogens with one attached hydrogen (secondary N) is 1. The summed E-state index contributed by atoms with van der Waals surface area (Å²) in [6.45, 7) is 1.06. The summed E-state index contributed by atoms with van der Waals surface area (Å²) in [5.41, 5.74) is 0. The van der Waals surface area contributed by atoms with Crippen molar-refractivity contribution in [1.82, 2.24) is 5.32 Å². The van der Waals surface area contributed by atoms with Gasteiger partial charge in [0.1, 0.15) is 0 Å². The molecular formula is C5H12ClNO3. The molecule has 4 nitrogen and oxygen atoms in total. The lowest BCUT2D eigenvalue weighted by molar-refractivity contribution is 0.0908. The maximum Gasteiger partial charge on any atom is 0.505 e. The minimum Gasteiger partial charge on any atom is -0.450 e. The van der Waals surface area contributed by atoms with Gasteiger partial charge < -0.3 is 15.2 Å². The number of rotatable bonds is 4. The van der Waals surface area contributed by atoms with Crippen molar-refractivity contribution < 1.29 is 14.6 Å². The van der Waals surface area contributed by atoms with Crippen LogP contribution in [0.15, 0.2) is 0 Å². The Labute approximate surface area is 66.0 Å². The molecule has 0 radical (unpaired) electrons. The Morgan fingerprint density at radius 3 is 2.70 bits per heavy atom. The molecule has 0 rings (SSSR count). The minimum absolute atomic E-state index is 0. The van der Waals surface area contributed by atoms with Crippen molar-refractivity contribution in [3.8, 4) is 0 Å². The Hall–Kier alpha value is -0.480. The lowest BCUT2D eigenvalue weighted by Crippen LogP contribution is -2.11. The van der Waals surface area contributed by atoms with Gasteiger partial charge in [-0.15, -0.1) is 12.4 Å². The van der Waals surface area contributed by atoms with Crippen molar-refractivity contribution in [2.24, 2.45) is 0 Å². The SMILES string of the molecule is CNCCCOC(=O)O.Cl. The summed E-state index contributed by atoms with van der Waals surface area (Å²) in [5.74, 6) is 0. The third-order valence-corrected chi connectivity index (χ3v) is 0.797. The molecule has 10 heavy (non-hydrogen) atoms. The molecule has 0 aromatic heterocycles. The van der Waals surface area contributed by atoms with Gasteiger partial charge in [0.2, 0.25) is 0 Å². The average molecular weight is 170 g/mol. The molecular weight excluding hydrogens is 158 g/mol. The number of ether oxygens (including phenoxy) is 1. The molecule has 0 bridgehead atoms. The lowest BCUT2D eigenvalue weighted by Gasteiger charge is -1.97. The summed E-state index contributed by atoms with van der Waals surface area (Å²) >= 11 is 0. The first-order chi connectivity index (χ1) is 4.27. The Balaban J connectivity index is 0. The number of carboxylic acid groups (broad SMARTS) is 1. The summed E-state index contributed by atoms with van der Waals surface area (Å²) in [5, 5.41) is 10.8. The van der Waals surface area contributed by atoms with Gasteiger partial charge in [0.15, 0.2) is 0 Å². The first kappa shape index (κ1) is 12.2. The van der Waals surface area contributed by atoms with Gasteiger partial charge >= 0.3 is 6.16 Å². The van der Waals surface area contributed by atoms with Crippen molar-refractivity contribution in [2.75, 3.05) is 20.2 Å². The molecule has 0 atom stereocenters. The second-order valence-electron chi connectivity index (χ2n) is 1.57. The normalized spacial score (nSPS) is 8.10. The highest BCUT2D eigenvalue weighted by Crippen LogP contribution is 1.80. The molecule has 0 aliphatic carbocycles. The first-order valence-electron chi connectivity index (χ1n) is 2.77. The van der Waals surface area contributed by atoms with E-state index in [1.807, 2.05) is 0 Å². The van der Waals surface area contributed by atoms with Gasteiger partial charge in [0, 0.05) is 0 Å². The molecule has 0 saturated heterocycles. The Kier molecular flexibility index (Phi) is 10.4. The predicted octanol–water partition coefficient (Wildman–Crippen LogP) is 0.712. The number of carbonyl (C=O) groups is 1. The van der Waals surface area contributed by atoms with E-state index in [4.69, 9.17) is 5.11 Å². The Bertz CT molecular complexity index is 89.0. The van der Waals surface area contributed by atoms with Crippen LogP contribution in [0.4, 0.5) is 4.79 Å². The molecule has 0 saturated carbocycles. The van der Waals surface area contributed by atoms with E-state index in [2.05, 4.69) is 10.1 Å². The number of halogens is 1. The molecule has 0 aromatic carbocycles. The monoisotopic (exact) mass is 169 g/mol. The van der Waals surface area contributed by atoms with Crippen LogP contribution in [0, 0.1) is 0 Å². The van der Waals surface area contributed by atoms with Crippen LogP contribution in [0.3, 0.4) is 0 Å². The van der Waals surface area contributed by atoms with Crippen LogP contribution in [0.5, 0.6) is 0 Å². The maximum atomic E-state index is 9.72. The first-order valence-corrected chi connectivity index (χ1v) is 2.77. The fourth-order valence-corrected chi connectivity index (χ4v) is 0.408. The van der Waals surface area contributed by atoms with Crippen LogP contribution < -0.4 is 5.32 Å². The van der Waals surface area contributed by atoms with Crippen molar-refractivity contribution >= 4 is 18.6 Å². The highest BCUT2D eigenvalue weighted by molar-refractivity contribution is 5.85. The van der Waals surface area contributed by atoms with E-state index in [1.165, 1.54) is 0 Å². The summed E-state index contributed by atoms with van der Waals surface area (Å²) in [6.07, 6.45) is -0.478. The molecule has 0 unspecified atom stereocenters. The van der Waals surface area contributed by atoms with Gasteiger partial charge in [0.25, 0.3) is 0 Å². The topological polar surface area (TPSA) is 58.6 Å². The molecule has 5 heteroatoms. The van der Waals surface area contributed by atoms with Gasteiger partial charge in [-0.1, -0.05) is 0 Å². The van der Waals surface area contributed by atoms with Crippen molar-refractivity contribution in [1.29, 1.82) is 0 Å². The standard InChI is InChI=1S/C5H11NO3.ClH/c1-6-3-2-4-9-5(7)8;/h6H,2-4H2,1H3,(H,7,8);1H. The summed E-state index contributed by atoms with van der Waals surface area (Å²) < 4.78 is 4.22. The number of hydrogen-bond acceptors (Lipinski definition) is 3. The lowest BCUT2D eigenvalue weighted by atomic mass is 10.5. The van der Waals surface area contributed by atoms with Gasteiger partial charge in [-0.25, -0.2) is 4.79 Å². The van der Waals surface area contributed by atoms with Crippen molar-refractivity contribution in [2.45, 2.75) is 6.42 Å². The molecule has 2 N–H and O–H groups in total. The van der Waals surface area contributed by atoms with Crippen molar-refractivity contribution in [3.63, 3.8) is 0 Å². The predicted molar refractivity (Wildman–Crippen MR) is 39.8 cm³/mol. The average Bonchev–Trinajstić information content (AvgIpc) is 1.80. The van der Waals surface area contributed by atoms with E-state index < -0.39 is 6.16 Å². The molecule has 0 fully saturated rings. The molecule has 0 spiro atoms. The summed E-state index contributed by atoms with van der Waals surface area (Å²) in [6, 6.07) is 0. The van der Waals surface area contributed by atoms with E-state index in [-0.39, 0.29) is 19.0 Å². The maximum absolute atomic E-state index is 9.72. The van der Waals surface area contributed by atoms with Crippen LogP contribution in [-0.2, 0) is 4.74 Å². The highest BCUT2D eigenvalue weighted by Gasteiger charge is 1.92. The highest BCUT2D eigenvalue weighted by atomic mass is 35.5. The van der Waals surface area contributed by atoms with E-state index >= 15 is 0 Å². The second kappa shape index (κ2) is 8.52. The number of hydrogen-bond donors (Lipinski definition) is 2. The molecule has 0 aliphatic rings. The van der Waals surface area contributed by atoms with E-state index in [0.29, 0.717) is 0 Å². The Morgan fingerprint density at radius 2 is 2.30 bits per heavy atom. The van der Waals surface area contributed by atoms with Gasteiger partial charge in [-0.2, -0.15) is 0 Å². The van der Waals surface area contributed by atoms with E-state index in [1.54, 1.807) is 7.05 Å². The summed E-state index contributed by atoms with van der Waals surface area (Å²) in [7, 11) is 1.81. The van der Waals surface area contributed by atoms with Crippen LogP contribution in [0.25, 0.3) is 0 Å². The van der Waals surface area contributed by atoms with Crippen molar-refractivity contribution in [3.05, 3.63) is 0 Å². The van der Waals surface area contributed by atoms with E-state index in [0.717, 1.165) is 13.0 Å². The third kappa shape index (κ3) is 10.5. The van der Waals surface area contributed by atoms with Gasteiger partial charge in [-0.05, 0) is 20.0 Å². The molecule has 0 aliphatic heterocycles. The second-order valence-corrected chi connectivity index (χ2v) is 1.57. The van der Waals surface area contributed by atoms with Gasteiger partial charge in [0.05, 0.1) is 6.61 Å². The Morgan fingerprint density at radius 1 is 1.70 bits per heavy atom. The largest absolute Gasteiger partial charge is 0.505 e. The zero-order valence-electron chi connectivity index (χ0n) is 5.79. The third-order valence-electron chi connectivity index (χ3n) is 0.797. The quantitative estimate of drug-likeness (QED) is 0.481. The fraction of sp³-hybridized carbons (Fsp3) is 0.800. The molecule has 0 heterocycles. The molecule has 0 amide bonds. The smallest absolute Gasteiger partial charge is 0.450 e. The van der Waals surface area contributed by atoms with E-state index in [9.17, 15) is 4.79 Å². The molecule has 0 aromatic rings. The van der Waals surface area contributed by atoms with Gasteiger partial charge in [-0.3, -0.25) is 0 Å². The van der Waals surface area contributed by atoms with Crippen LogP contribution >= 0.6 is 12.4 Å². The van der Waals surface area contributed by atoms with Crippen LogP contribution in [0.1, 0.15) is 6.42 Å². The van der Waals surface area contributed by atoms with Crippen LogP contribution in [0.2, 0.25) is 0 Å². The zero-order valence-corrected chi connectivity index (χ0v) is 6.61. The minimum atomic E-state index is -1.20.